The van der Waals surface area contributed by atoms with E-state index < -0.39 is 23.0 Å². The molecule has 0 radical (unpaired) electrons. The molecule has 8 unspecified atom stereocenters. The van der Waals surface area contributed by atoms with E-state index in [0.29, 0.717) is 32.1 Å². The van der Waals surface area contributed by atoms with E-state index in [2.05, 4.69) is 6.92 Å². The summed E-state index contributed by atoms with van der Waals surface area (Å²) < 4.78 is 9.96. The maximum Gasteiger partial charge on any atom is 0.309 e. The highest BCUT2D eigenvalue weighted by molar-refractivity contribution is 5.92. The zero-order chi connectivity index (χ0) is 23.5. The highest BCUT2D eigenvalue weighted by Crippen LogP contribution is 2.69. The van der Waals surface area contributed by atoms with Crippen LogP contribution in [0.2, 0.25) is 0 Å². The molecule has 8 atom stereocenters. The summed E-state index contributed by atoms with van der Waals surface area (Å²) in [4.78, 5) is 36.9. The van der Waals surface area contributed by atoms with E-state index in [0.717, 1.165) is 12.0 Å². The van der Waals surface area contributed by atoms with Crippen LogP contribution in [0.4, 0.5) is 0 Å². The molecule has 4 aliphatic carbocycles. The summed E-state index contributed by atoms with van der Waals surface area (Å²) in [5, 5.41) is 23.3. The summed E-state index contributed by atoms with van der Waals surface area (Å²) in [7, 11) is 2.72. The van der Waals surface area contributed by atoms with Crippen LogP contribution < -0.4 is 0 Å². The van der Waals surface area contributed by atoms with Crippen LogP contribution in [0.1, 0.15) is 65.2 Å². The fraction of sp³-hybridized carbons (Fsp3) is 0.800. The van der Waals surface area contributed by atoms with Gasteiger partial charge >= 0.3 is 11.9 Å². The van der Waals surface area contributed by atoms with Crippen LogP contribution in [0.3, 0.4) is 0 Å². The molecule has 0 aromatic rings. The molecule has 178 valence electrons. The van der Waals surface area contributed by atoms with Crippen molar-refractivity contribution in [1.82, 2.24) is 0 Å². The van der Waals surface area contributed by atoms with Crippen LogP contribution in [0.5, 0.6) is 0 Å². The number of ether oxygens (including phenoxy) is 2. The Morgan fingerprint density at radius 2 is 1.91 bits per heavy atom. The molecule has 3 fully saturated rings. The highest BCUT2D eigenvalue weighted by atomic mass is 16.5. The van der Waals surface area contributed by atoms with Crippen molar-refractivity contribution in [2.24, 2.45) is 34.5 Å². The monoisotopic (exact) mass is 448 g/mol. The van der Waals surface area contributed by atoms with Gasteiger partial charge in [-0.15, -0.1) is 0 Å². The predicted molar refractivity (Wildman–Crippen MR) is 115 cm³/mol. The lowest BCUT2D eigenvalue weighted by Crippen LogP contribution is -2.62. The molecule has 0 aromatic carbocycles. The smallest absolute Gasteiger partial charge is 0.309 e. The van der Waals surface area contributed by atoms with Gasteiger partial charge in [0.2, 0.25) is 0 Å². The number of hydrogen-bond donors (Lipinski definition) is 2. The maximum absolute atomic E-state index is 13.0. The lowest BCUT2D eigenvalue weighted by Gasteiger charge is -2.62. The second-order valence-electron chi connectivity index (χ2n) is 10.9. The second-order valence-corrected chi connectivity index (χ2v) is 10.9. The van der Waals surface area contributed by atoms with Crippen molar-refractivity contribution in [2.45, 2.75) is 76.9 Å². The normalized spacial score (nSPS) is 45.2. The molecular formula is C25H36O7. The summed E-state index contributed by atoms with van der Waals surface area (Å²) in [5.41, 5.74) is -1.14. The average Bonchev–Trinajstić information content (AvgIpc) is 3.01. The number of carbonyl (C=O) groups is 3. The Morgan fingerprint density at radius 3 is 2.56 bits per heavy atom. The number of aliphatic hydroxyl groups is 2. The van der Waals surface area contributed by atoms with E-state index in [-0.39, 0.29) is 53.7 Å². The van der Waals surface area contributed by atoms with E-state index >= 15 is 0 Å². The topological polar surface area (TPSA) is 110 Å². The number of ketones is 1. The SMILES string of the molecule is COC(=O)CCC1(O)CCC2C3C(C(=O)OC)CC4=CC(=O)CCC4(C)C3C(O)CC21C. The van der Waals surface area contributed by atoms with E-state index in [1.807, 2.05) is 6.92 Å². The van der Waals surface area contributed by atoms with Crippen LogP contribution in [0, 0.1) is 34.5 Å². The van der Waals surface area contributed by atoms with E-state index in [9.17, 15) is 24.6 Å². The Balaban J connectivity index is 1.75. The number of aliphatic hydroxyl groups excluding tert-OH is 1. The number of hydrogen-bond acceptors (Lipinski definition) is 7. The molecule has 2 N–H and O–H groups in total. The maximum atomic E-state index is 13.0. The molecule has 0 amide bonds. The first kappa shape index (κ1) is 23.4. The fourth-order valence-corrected chi connectivity index (χ4v) is 7.98. The largest absolute Gasteiger partial charge is 0.469 e. The van der Waals surface area contributed by atoms with Crippen molar-refractivity contribution in [3.05, 3.63) is 11.6 Å². The molecule has 0 saturated heterocycles. The molecule has 0 aromatic heterocycles. The van der Waals surface area contributed by atoms with E-state index in [4.69, 9.17) is 9.47 Å². The molecule has 0 bridgehead atoms. The van der Waals surface area contributed by atoms with Crippen molar-refractivity contribution in [1.29, 1.82) is 0 Å². The van der Waals surface area contributed by atoms with Gasteiger partial charge in [0.25, 0.3) is 0 Å². The van der Waals surface area contributed by atoms with Gasteiger partial charge in [-0.1, -0.05) is 19.4 Å². The molecule has 4 aliphatic rings. The third-order valence-corrected chi connectivity index (χ3v) is 9.75. The van der Waals surface area contributed by atoms with Crippen molar-refractivity contribution >= 4 is 17.7 Å². The van der Waals surface area contributed by atoms with Crippen LogP contribution in [-0.2, 0) is 23.9 Å². The Hall–Kier alpha value is -1.73. The predicted octanol–water partition coefficient (Wildman–Crippen LogP) is 2.57. The standard InChI is InChI=1S/C25H36O7/c1-23-8-5-15(26)11-14(23)12-16(22(29)32-4)20-17-6-9-25(30,10-7-19(28)31-3)24(17,2)13-18(27)21(20)23/h11,16-18,20-21,27,30H,5-10,12-13H2,1-4H3. The fourth-order valence-electron chi connectivity index (χ4n) is 7.98. The Kier molecular flexibility index (Phi) is 5.82. The third-order valence-electron chi connectivity index (χ3n) is 9.75. The third kappa shape index (κ3) is 3.26. The number of methoxy groups -OCH3 is 2. The van der Waals surface area contributed by atoms with Gasteiger partial charge in [0.1, 0.15) is 0 Å². The molecule has 32 heavy (non-hydrogen) atoms. The first-order valence-electron chi connectivity index (χ1n) is 11.8. The summed E-state index contributed by atoms with van der Waals surface area (Å²) in [6, 6.07) is 0. The van der Waals surface area contributed by atoms with Gasteiger partial charge in [0, 0.05) is 18.3 Å². The van der Waals surface area contributed by atoms with Crippen molar-refractivity contribution < 1.29 is 34.1 Å². The average molecular weight is 449 g/mol. The van der Waals surface area contributed by atoms with Crippen LogP contribution in [0.15, 0.2) is 11.6 Å². The van der Waals surface area contributed by atoms with Gasteiger partial charge in [-0.3, -0.25) is 14.4 Å². The van der Waals surface area contributed by atoms with Gasteiger partial charge in [-0.25, -0.2) is 0 Å². The lowest BCUT2D eigenvalue weighted by atomic mass is 9.43. The van der Waals surface area contributed by atoms with Crippen LogP contribution in [-0.4, -0.2) is 53.9 Å². The quantitative estimate of drug-likeness (QED) is 0.636. The first-order valence-corrected chi connectivity index (χ1v) is 11.8. The Bertz CT molecular complexity index is 849. The van der Waals surface area contributed by atoms with E-state index in [1.165, 1.54) is 14.2 Å². The Labute approximate surface area is 189 Å². The van der Waals surface area contributed by atoms with Crippen molar-refractivity contribution in [2.75, 3.05) is 14.2 Å². The second kappa shape index (κ2) is 7.94. The first-order chi connectivity index (χ1) is 15.0. The lowest BCUT2D eigenvalue weighted by molar-refractivity contribution is -0.194. The number of carbonyl (C=O) groups excluding carboxylic acids is 3. The molecule has 4 rings (SSSR count). The molecule has 3 saturated carbocycles. The molecule has 0 aliphatic heterocycles. The number of allylic oxidation sites excluding steroid dienone is 1. The minimum Gasteiger partial charge on any atom is -0.469 e. The Morgan fingerprint density at radius 1 is 1.19 bits per heavy atom. The summed E-state index contributed by atoms with van der Waals surface area (Å²) in [6.07, 6.45) is 4.58. The van der Waals surface area contributed by atoms with Crippen molar-refractivity contribution in [3.63, 3.8) is 0 Å². The number of fused-ring (bicyclic) bond motifs is 5. The molecule has 7 heteroatoms. The zero-order valence-corrected chi connectivity index (χ0v) is 19.6. The summed E-state index contributed by atoms with van der Waals surface area (Å²) >= 11 is 0. The highest BCUT2D eigenvalue weighted by Gasteiger charge is 2.68. The van der Waals surface area contributed by atoms with Gasteiger partial charge in [-0.05, 0) is 67.8 Å². The zero-order valence-electron chi connectivity index (χ0n) is 19.6. The van der Waals surface area contributed by atoms with E-state index in [1.54, 1.807) is 6.08 Å². The number of rotatable bonds is 4. The molecule has 0 spiro atoms. The van der Waals surface area contributed by atoms with Crippen LogP contribution in [0.25, 0.3) is 0 Å². The molecule has 0 heterocycles. The molecule has 7 nitrogen and oxygen atoms in total. The van der Waals surface area contributed by atoms with Crippen LogP contribution >= 0.6 is 0 Å². The van der Waals surface area contributed by atoms with Gasteiger partial charge in [0.15, 0.2) is 5.78 Å². The minimum absolute atomic E-state index is 0.0126. The number of esters is 2. The molecular weight excluding hydrogens is 412 g/mol. The van der Waals surface area contributed by atoms with Gasteiger partial charge < -0.3 is 19.7 Å². The summed E-state index contributed by atoms with van der Waals surface area (Å²) in [6.45, 7) is 4.13. The van der Waals surface area contributed by atoms with Crippen molar-refractivity contribution in [3.8, 4) is 0 Å². The summed E-state index contributed by atoms with van der Waals surface area (Å²) in [5.74, 6) is -1.38. The van der Waals surface area contributed by atoms with Gasteiger partial charge in [0.05, 0.1) is 31.8 Å². The minimum atomic E-state index is -1.11. The van der Waals surface area contributed by atoms with Gasteiger partial charge in [-0.2, -0.15) is 0 Å².